The van der Waals surface area contributed by atoms with Crippen LogP contribution >= 0.6 is 11.6 Å². The van der Waals surface area contributed by atoms with Crippen LogP contribution < -0.4 is 5.32 Å². The standard InChI is InChI=1S/C19H16ClN3O/c1-11-17(12(2)24)18(13-7-9-14(20)10-8-13)23-16-6-4-3-5-15(16)22-19(23)21-11/h3-10,18H,1-2H3,(H,21,22). The number of rotatable bonds is 2. The van der Waals surface area contributed by atoms with Gasteiger partial charge >= 0.3 is 0 Å². The number of anilines is 1. The van der Waals surface area contributed by atoms with E-state index in [1.165, 1.54) is 0 Å². The van der Waals surface area contributed by atoms with Crippen LogP contribution in [0.15, 0.2) is 59.8 Å². The minimum absolute atomic E-state index is 0.0448. The lowest BCUT2D eigenvalue weighted by molar-refractivity contribution is -0.114. The average Bonchev–Trinajstić information content (AvgIpc) is 2.92. The normalized spacial score (nSPS) is 16.9. The zero-order chi connectivity index (χ0) is 16.8. The molecule has 3 aromatic rings. The molecule has 0 saturated heterocycles. The molecule has 120 valence electrons. The topological polar surface area (TPSA) is 46.9 Å². The fourth-order valence-electron chi connectivity index (χ4n) is 3.38. The van der Waals surface area contributed by atoms with Crippen molar-refractivity contribution in [3.63, 3.8) is 0 Å². The van der Waals surface area contributed by atoms with Gasteiger partial charge in [0.05, 0.1) is 17.1 Å². The molecular weight excluding hydrogens is 322 g/mol. The Kier molecular flexibility index (Phi) is 3.43. The molecule has 0 spiro atoms. The van der Waals surface area contributed by atoms with E-state index in [4.69, 9.17) is 11.6 Å². The van der Waals surface area contributed by atoms with Crippen molar-refractivity contribution in [1.82, 2.24) is 9.55 Å². The Labute approximate surface area is 144 Å². The van der Waals surface area contributed by atoms with E-state index in [9.17, 15) is 4.79 Å². The predicted molar refractivity (Wildman–Crippen MR) is 96.3 cm³/mol. The largest absolute Gasteiger partial charge is 0.329 e. The van der Waals surface area contributed by atoms with Crippen LogP contribution in [0.5, 0.6) is 0 Å². The second-order valence-electron chi connectivity index (χ2n) is 5.97. The van der Waals surface area contributed by atoms with Crippen LogP contribution in [0.4, 0.5) is 5.95 Å². The minimum Gasteiger partial charge on any atom is -0.329 e. The van der Waals surface area contributed by atoms with E-state index in [0.29, 0.717) is 5.02 Å². The van der Waals surface area contributed by atoms with E-state index >= 15 is 0 Å². The zero-order valence-electron chi connectivity index (χ0n) is 13.4. The maximum Gasteiger partial charge on any atom is 0.209 e. The quantitative estimate of drug-likeness (QED) is 0.745. The van der Waals surface area contributed by atoms with Gasteiger partial charge in [0, 0.05) is 16.3 Å². The van der Waals surface area contributed by atoms with Gasteiger partial charge in [0.2, 0.25) is 5.95 Å². The van der Waals surface area contributed by atoms with E-state index in [1.54, 1.807) is 6.92 Å². The Bertz CT molecular complexity index is 986. The number of carbonyl (C=O) groups is 1. The number of hydrogen-bond acceptors (Lipinski definition) is 3. The summed E-state index contributed by atoms with van der Waals surface area (Å²) in [6.45, 7) is 3.52. The van der Waals surface area contributed by atoms with Crippen LogP contribution in [0.3, 0.4) is 0 Å². The van der Waals surface area contributed by atoms with Gasteiger partial charge in [0.25, 0.3) is 0 Å². The molecule has 1 aromatic heterocycles. The van der Waals surface area contributed by atoms with E-state index in [2.05, 4.69) is 14.9 Å². The molecule has 24 heavy (non-hydrogen) atoms. The number of aromatic nitrogens is 2. The molecule has 0 saturated carbocycles. The van der Waals surface area contributed by atoms with Crippen molar-refractivity contribution in [2.45, 2.75) is 19.9 Å². The van der Waals surface area contributed by atoms with Crippen LogP contribution in [0.1, 0.15) is 25.5 Å². The van der Waals surface area contributed by atoms with Crippen LogP contribution in [0, 0.1) is 0 Å². The third kappa shape index (κ3) is 2.22. The SMILES string of the molecule is CC(=O)C1=C(C)Nc2nc3ccccc3n2C1c1ccc(Cl)cc1. The number of benzene rings is 2. The fourth-order valence-corrected chi connectivity index (χ4v) is 3.51. The molecule has 1 unspecified atom stereocenters. The lowest BCUT2D eigenvalue weighted by atomic mass is 9.92. The van der Waals surface area contributed by atoms with Gasteiger partial charge in [-0.15, -0.1) is 0 Å². The first kappa shape index (κ1) is 15.0. The van der Waals surface area contributed by atoms with Crippen molar-refractivity contribution >= 4 is 34.4 Å². The fraction of sp³-hybridized carbons (Fsp3) is 0.158. The number of fused-ring (bicyclic) bond motifs is 3. The van der Waals surface area contributed by atoms with Gasteiger partial charge in [-0.25, -0.2) is 4.98 Å². The number of imidazole rings is 1. The van der Waals surface area contributed by atoms with Crippen LogP contribution in [-0.2, 0) is 4.79 Å². The predicted octanol–water partition coefficient (Wildman–Crippen LogP) is 4.57. The van der Waals surface area contributed by atoms with Crippen LogP contribution in [0.2, 0.25) is 5.02 Å². The van der Waals surface area contributed by atoms with Gasteiger partial charge in [0.1, 0.15) is 0 Å². The highest BCUT2D eigenvalue weighted by atomic mass is 35.5. The molecule has 0 aliphatic carbocycles. The molecule has 1 aliphatic heterocycles. The number of nitrogens with one attached hydrogen (secondary N) is 1. The highest BCUT2D eigenvalue weighted by Gasteiger charge is 2.32. The van der Waals surface area contributed by atoms with Gasteiger partial charge in [-0.1, -0.05) is 35.9 Å². The van der Waals surface area contributed by atoms with E-state index in [0.717, 1.165) is 33.8 Å². The third-order valence-electron chi connectivity index (χ3n) is 4.40. The summed E-state index contributed by atoms with van der Waals surface area (Å²) in [5, 5.41) is 3.95. The number of ketones is 1. The molecule has 0 radical (unpaired) electrons. The van der Waals surface area contributed by atoms with Crippen molar-refractivity contribution in [1.29, 1.82) is 0 Å². The highest BCUT2D eigenvalue weighted by Crippen LogP contribution is 2.39. The molecular formula is C19H16ClN3O. The number of nitrogens with zero attached hydrogens (tertiary/aromatic N) is 2. The smallest absolute Gasteiger partial charge is 0.209 e. The summed E-state index contributed by atoms with van der Waals surface area (Å²) in [5.74, 6) is 0.794. The van der Waals surface area contributed by atoms with Gasteiger partial charge < -0.3 is 5.32 Å². The maximum atomic E-state index is 12.4. The van der Waals surface area contributed by atoms with Crippen molar-refractivity contribution in [2.24, 2.45) is 0 Å². The molecule has 2 heterocycles. The van der Waals surface area contributed by atoms with E-state index in [-0.39, 0.29) is 11.8 Å². The van der Waals surface area contributed by atoms with Gasteiger partial charge in [-0.3, -0.25) is 9.36 Å². The molecule has 1 atom stereocenters. The van der Waals surface area contributed by atoms with Gasteiger partial charge in [-0.2, -0.15) is 0 Å². The Morgan fingerprint density at radius 2 is 1.88 bits per heavy atom. The third-order valence-corrected chi connectivity index (χ3v) is 4.65. The van der Waals surface area contributed by atoms with Crippen molar-refractivity contribution in [3.05, 3.63) is 70.4 Å². The number of carbonyl (C=O) groups excluding carboxylic acids is 1. The lowest BCUT2D eigenvalue weighted by Crippen LogP contribution is -2.26. The van der Waals surface area contributed by atoms with Gasteiger partial charge in [-0.05, 0) is 43.7 Å². The first-order chi connectivity index (χ1) is 11.6. The number of allylic oxidation sites excluding steroid dienone is 2. The minimum atomic E-state index is -0.219. The summed E-state index contributed by atoms with van der Waals surface area (Å²) in [6.07, 6.45) is 0. The summed E-state index contributed by atoms with van der Waals surface area (Å²) < 4.78 is 2.09. The summed E-state index contributed by atoms with van der Waals surface area (Å²) in [6, 6.07) is 15.4. The number of hydrogen-bond donors (Lipinski definition) is 1. The first-order valence-corrected chi connectivity index (χ1v) is 8.15. The molecule has 0 amide bonds. The van der Waals surface area contributed by atoms with Crippen LogP contribution in [-0.4, -0.2) is 15.3 Å². The highest BCUT2D eigenvalue weighted by molar-refractivity contribution is 6.30. The van der Waals surface area contributed by atoms with Crippen molar-refractivity contribution in [3.8, 4) is 0 Å². The Morgan fingerprint density at radius 3 is 2.58 bits per heavy atom. The maximum absolute atomic E-state index is 12.4. The summed E-state index contributed by atoms with van der Waals surface area (Å²) in [5.41, 5.74) is 4.48. The van der Waals surface area contributed by atoms with E-state index in [1.807, 2.05) is 55.5 Å². The summed E-state index contributed by atoms with van der Waals surface area (Å²) in [7, 11) is 0. The zero-order valence-corrected chi connectivity index (χ0v) is 14.1. The number of Topliss-reactive ketones (excluding diaryl/α,β-unsaturated/α-hetero) is 1. The molecule has 1 aliphatic rings. The Hall–Kier alpha value is -2.59. The molecule has 5 heteroatoms. The molecule has 1 N–H and O–H groups in total. The second-order valence-corrected chi connectivity index (χ2v) is 6.40. The summed E-state index contributed by atoms with van der Waals surface area (Å²) in [4.78, 5) is 17.0. The van der Waals surface area contributed by atoms with E-state index < -0.39 is 0 Å². The molecule has 0 fully saturated rings. The lowest BCUT2D eigenvalue weighted by Gasteiger charge is -2.30. The summed E-state index contributed by atoms with van der Waals surface area (Å²) >= 11 is 6.04. The number of halogens is 1. The molecule has 4 rings (SSSR count). The Balaban J connectivity index is 2.03. The average molecular weight is 338 g/mol. The van der Waals surface area contributed by atoms with Gasteiger partial charge in [0.15, 0.2) is 5.78 Å². The van der Waals surface area contributed by atoms with Crippen molar-refractivity contribution in [2.75, 3.05) is 5.32 Å². The molecule has 2 aromatic carbocycles. The number of para-hydroxylation sites is 2. The van der Waals surface area contributed by atoms with Crippen LogP contribution in [0.25, 0.3) is 11.0 Å². The molecule has 0 bridgehead atoms. The molecule has 4 nitrogen and oxygen atoms in total. The Morgan fingerprint density at radius 1 is 1.17 bits per heavy atom. The van der Waals surface area contributed by atoms with Crippen molar-refractivity contribution < 1.29 is 4.79 Å². The first-order valence-electron chi connectivity index (χ1n) is 7.77. The monoisotopic (exact) mass is 337 g/mol. The second kappa shape index (κ2) is 5.49.